The van der Waals surface area contributed by atoms with E-state index in [0.29, 0.717) is 12.0 Å². The maximum Gasteiger partial charge on any atom is 0.0906 e. The van der Waals surface area contributed by atoms with E-state index in [-0.39, 0.29) is 6.67 Å². The van der Waals surface area contributed by atoms with E-state index in [1.807, 2.05) is 0 Å². The molecule has 0 aromatic rings. The summed E-state index contributed by atoms with van der Waals surface area (Å²) in [5.41, 5.74) is 0.344. The molecule has 1 aliphatic rings. The summed E-state index contributed by atoms with van der Waals surface area (Å²) in [6.45, 7) is 1.62. The maximum atomic E-state index is 11.9. The number of alkyl halides is 1. The summed E-state index contributed by atoms with van der Waals surface area (Å²) in [4.78, 5) is 2.34. The maximum absolute atomic E-state index is 11.9. The molecule has 3 heteroatoms. The van der Waals surface area contributed by atoms with Crippen molar-refractivity contribution in [2.75, 3.05) is 33.9 Å². The van der Waals surface area contributed by atoms with Gasteiger partial charge < -0.3 is 10.2 Å². The van der Waals surface area contributed by atoms with Gasteiger partial charge in [-0.15, -0.1) is 0 Å². The summed E-state index contributed by atoms with van der Waals surface area (Å²) in [7, 11) is 4.31. The fourth-order valence-corrected chi connectivity index (χ4v) is 2.33. The van der Waals surface area contributed by atoms with Gasteiger partial charge in [-0.2, -0.15) is 0 Å². The van der Waals surface area contributed by atoms with Gasteiger partial charge in [-0.25, -0.2) is 0 Å². The number of nitrogens with one attached hydrogen (secondary N) is 1. The van der Waals surface area contributed by atoms with Crippen molar-refractivity contribution in [3.63, 3.8) is 0 Å². The van der Waals surface area contributed by atoms with Gasteiger partial charge >= 0.3 is 0 Å². The molecule has 0 amide bonds. The molecule has 0 aromatic heterocycles. The lowest BCUT2D eigenvalue weighted by Crippen LogP contribution is -2.49. The Bertz CT molecular complexity index is 153. The minimum atomic E-state index is -0.206. The largest absolute Gasteiger partial charge is 0.315 e. The first kappa shape index (κ1) is 11.9. The topological polar surface area (TPSA) is 15.3 Å². The highest BCUT2D eigenvalue weighted by Gasteiger charge is 2.35. The predicted molar refractivity (Wildman–Crippen MR) is 58.3 cm³/mol. The summed E-state index contributed by atoms with van der Waals surface area (Å²) >= 11 is 0. The van der Waals surface area contributed by atoms with Crippen molar-refractivity contribution in [2.45, 2.75) is 37.6 Å². The van der Waals surface area contributed by atoms with Crippen molar-refractivity contribution in [2.24, 2.45) is 0 Å². The average molecular weight is 202 g/mol. The SMILES string of the molecule is CN(C)C1(CNCCCF)CCCC1. The molecule has 0 aliphatic heterocycles. The Morgan fingerprint density at radius 1 is 1.29 bits per heavy atom. The molecule has 0 atom stereocenters. The molecule has 0 aromatic carbocycles. The smallest absolute Gasteiger partial charge is 0.0906 e. The van der Waals surface area contributed by atoms with E-state index in [1.165, 1.54) is 25.7 Å². The standard InChI is InChI=1S/C11H23FN2/c1-14(2)11(6-3-4-7-11)10-13-9-5-8-12/h13H,3-10H2,1-2H3. The van der Waals surface area contributed by atoms with Crippen molar-refractivity contribution in [3.05, 3.63) is 0 Å². The van der Waals surface area contributed by atoms with Crippen molar-refractivity contribution in [1.29, 1.82) is 0 Å². The Morgan fingerprint density at radius 2 is 1.93 bits per heavy atom. The van der Waals surface area contributed by atoms with Crippen molar-refractivity contribution < 1.29 is 4.39 Å². The summed E-state index contributed by atoms with van der Waals surface area (Å²) in [5, 5.41) is 3.37. The summed E-state index contributed by atoms with van der Waals surface area (Å²) in [6, 6.07) is 0. The number of likely N-dealkylation sites (N-methyl/N-ethyl adjacent to an activating group) is 1. The Kier molecular flexibility index (Phi) is 4.82. The lowest BCUT2D eigenvalue weighted by molar-refractivity contribution is 0.154. The van der Waals surface area contributed by atoms with Gasteiger partial charge in [-0.3, -0.25) is 4.39 Å². The van der Waals surface area contributed by atoms with Gasteiger partial charge in [-0.1, -0.05) is 12.8 Å². The highest BCUT2D eigenvalue weighted by Crippen LogP contribution is 2.32. The van der Waals surface area contributed by atoms with Crippen LogP contribution >= 0.6 is 0 Å². The molecular formula is C11H23FN2. The molecule has 0 unspecified atom stereocenters. The van der Waals surface area contributed by atoms with Crippen molar-refractivity contribution in [1.82, 2.24) is 10.2 Å². The second-order valence-corrected chi connectivity index (χ2v) is 4.55. The van der Waals surface area contributed by atoms with Crippen LogP contribution < -0.4 is 5.32 Å². The summed E-state index contributed by atoms with van der Waals surface area (Å²) in [5.74, 6) is 0. The molecule has 1 aliphatic carbocycles. The molecule has 1 saturated carbocycles. The third-order valence-electron chi connectivity index (χ3n) is 3.42. The van der Waals surface area contributed by atoms with E-state index in [0.717, 1.165) is 13.1 Å². The normalized spacial score (nSPS) is 20.6. The molecule has 0 heterocycles. The molecule has 0 spiro atoms. The number of rotatable bonds is 6. The van der Waals surface area contributed by atoms with Crippen LogP contribution in [0.15, 0.2) is 0 Å². The zero-order valence-corrected chi connectivity index (χ0v) is 9.48. The first-order chi connectivity index (χ1) is 6.71. The van der Waals surface area contributed by atoms with Crippen LogP contribution in [0.2, 0.25) is 0 Å². The zero-order valence-electron chi connectivity index (χ0n) is 9.48. The summed E-state index contributed by atoms with van der Waals surface area (Å²) in [6.07, 6.45) is 5.88. The molecular weight excluding hydrogens is 179 g/mol. The van der Waals surface area contributed by atoms with Gasteiger partial charge in [-0.05, 0) is 39.9 Å². The molecule has 0 radical (unpaired) electrons. The number of hydrogen-bond acceptors (Lipinski definition) is 2. The van der Waals surface area contributed by atoms with Gasteiger partial charge in [0.05, 0.1) is 6.67 Å². The van der Waals surface area contributed by atoms with E-state index in [1.54, 1.807) is 0 Å². The van der Waals surface area contributed by atoms with Crippen LogP contribution in [0.5, 0.6) is 0 Å². The van der Waals surface area contributed by atoms with Crippen molar-refractivity contribution in [3.8, 4) is 0 Å². The first-order valence-corrected chi connectivity index (χ1v) is 5.65. The fraction of sp³-hybridized carbons (Fsp3) is 1.00. The Morgan fingerprint density at radius 3 is 2.43 bits per heavy atom. The molecule has 84 valence electrons. The quantitative estimate of drug-likeness (QED) is 0.661. The van der Waals surface area contributed by atoms with Crippen molar-refractivity contribution >= 4 is 0 Å². The van der Waals surface area contributed by atoms with Crippen LogP contribution in [-0.2, 0) is 0 Å². The average Bonchev–Trinajstić information content (AvgIpc) is 2.62. The van der Waals surface area contributed by atoms with E-state index in [9.17, 15) is 4.39 Å². The van der Waals surface area contributed by atoms with E-state index < -0.39 is 0 Å². The monoisotopic (exact) mass is 202 g/mol. The Labute approximate surface area is 86.9 Å². The second-order valence-electron chi connectivity index (χ2n) is 4.55. The Balaban J connectivity index is 2.29. The fourth-order valence-electron chi connectivity index (χ4n) is 2.33. The third kappa shape index (κ3) is 2.92. The highest BCUT2D eigenvalue weighted by atomic mass is 19.1. The molecule has 2 nitrogen and oxygen atoms in total. The summed E-state index contributed by atoms with van der Waals surface area (Å²) < 4.78 is 11.9. The zero-order chi connectivity index (χ0) is 10.4. The number of nitrogens with zero attached hydrogens (tertiary/aromatic N) is 1. The number of halogens is 1. The highest BCUT2D eigenvalue weighted by molar-refractivity contribution is 4.94. The third-order valence-corrected chi connectivity index (χ3v) is 3.42. The minimum Gasteiger partial charge on any atom is -0.315 e. The minimum absolute atomic E-state index is 0.206. The van der Waals surface area contributed by atoms with E-state index in [2.05, 4.69) is 24.3 Å². The molecule has 1 rings (SSSR count). The first-order valence-electron chi connectivity index (χ1n) is 5.65. The van der Waals surface area contributed by atoms with Crippen LogP contribution in [0.25, 0.3) is 0 Å². The van der Waals surface area contributed by atoms with Crippen LogP contribution in [0.1, 0.15) is 32.1 Å². The van der Waals surface area contributed by atoms with Crippen LogP contribution in [0, 0.1) is 0 Å². The van der Waals surface area contributed by atoms with Gasteiger partial charge in [0.1, 0.15) is 0 Å². The molecule has 0 saturated heterocycles. The van der Waals surface area contributed by atoms with Gasteiger partial charge in [0.25, 0.3) is 0 Å². The number of hydrogen-bond donors (Lipinski definition) is 1. The second kappa shape index (κ2) is 5.66. The molecule has 0 bridgehead atoms. The van der Waals surface area contributed by atoms with Gasteiger partial charge in [0.15, 0.2) is 0 Å². The lowest BCUT2D eigenvalue weighted by Gasteiger charge is -2.36. The lowest BCUT2D eigenvalue weighted by atomic mass is 9.96. The molecule has 1 fully saturated rings. The van der Waals surface area contributed by atoms with E-state index in [4.69, 9.17) is 0 Å². The molecule has 14 heavy (non-hydrogen) atoms. The van der Waals surface area contributed by atoms with Gasteiger partial charge in [0.2, 0.25) is 0 Å². The molecule has 1 N–H and O–H groups in total. The predicted octanol–water partition coefficient (Wildman–Crippen LogP) is 1.81. The Hall–Kier alpha value is -0.150. The van der Waals surface area contributed by atoms with Crippen LogP contribution in [-0.4, -0.2) is 44.3 Å². The van der Waals surface area contributed by atoms with Gasteiger partial charge in [0, 0.05) is 12.1 Å². The van der Waals surface area contributed by atoms with Crippen LogP contribution in [0.3, 0.4) is 0 Å². The van der Waals surface area contributed by atoms with E-state index >= 15 is 0 Å². The van der Waals surface area contributed by atoms with Crippen LogP contribution in [0.4, 0.5) is 4.39 Å².